The van der Waals surface area contributed by atoms with Crippen LogP contribution in [0.4, 0.5) is 19.0 Å². The Morgan fingerprint density at radius 1 is 1.59 bits per heavy atom. The number of aliphatic hydroxyl groups is 1. The molecule has 0 saturated carbocycles. The van der Waals surface area contributed by atoms with Gasteiger partial charge in [0.1, 0.15) is 12.4 Å². The van der Waals surface area contributed by atoms with Gasteiger partial charge in [0.15, 0.2) is 5.69 Å². The normalized spacial score (nSPS) is 11.4. The maximum Gasteiger partial charge on any atom is 0.573 e. The van der Waals surface area contributed by atoms with Crippen molar-refractivity contribution in [1.82, 2.24) is 4.98 Å². The van der Waals surface area contributed by atoms with Gasteiger partial charge in [-0.2, -0.15) is 0 Å². The number of hydrogen-bond acceptors (Lipinski definition) is 5. The van der Waals surface area contributed by atoms with Crippen molar-refractivity contribution in [2.75, 3.05) is 0 Å². The molecule has 6 nitrogen and oxygen atoms in total. The lowest BCUT2D eigenvalue weighted by Gasteiger charge is -2.11. The van der Waals surface area contributed by atoms with Crippen LogP contribution < -0.4 is 4.74 Å². The highest BCUT2D eigenvalue weighted by molar-refractivity contribution is 5.44. The maximum absolute atomic E-state index is 12.0. The van der Waals surface area contributed by atoms with E-state index >= 15 is 0 Å². The molecule has 0 saturated heterocycles. The Labute approximate surface area is 92.8 Å². The SMILES string of the molecule is Cc1c(OC(F)(F)F)cc(CO)nc1[N+](=O)[O-]. The summed E-state index contributed by atoms with van der Waals surface area (Å²) in [6.45, 7) is 0.350. The Kier molecular flexibility index (Phi) is 3.51. The zero-order valence-corrected chi connectivity index (χ0v) is 8.48. The zero-order valence-electron chi connectivity index (χ0n) is 8.48. The molecule has 0 fully saturated rings. The molecule has 0 aliphatic carbocycles. The highest BCUT2D eigenvalue weighted by Gasteiger charge is 2.34. The molecular weight excluding hydrogens is 245 g/mol. The molecule has 1 N–H and O–H groups in total. The molecule has 0 bridgehead atoms. The van der Waals surface area contributed by atoms with E-state index in [0.717, 1.165) is 13.0 Å². The standard InChI is InChI=1S/C8H7F3N2O4/c1-4-6(17-8(9,10)11)2-5(3-14)12-7(4)13(15)16/h2,14H,3H2,1H3. The van der Waals surface area contributed by atoms with E-state index in [1.54, 1.807) is 0 Å². The van der Waals surface area contributed by atoms with Gasteiger partial charge in [0.05, 0.1) is 5.56 Å². The number of alkyl halides is 3. The van der Waals surface area contributed by atoms with E-state index in [0.29, 0.717) is 0 Å². The van der Waals surface area contributed by atoms with Crippen LogP contribution >= 0.6 is 0 Å². The summed E-state index contributed by atoms with van der Waals surface area (Å²) in [6, 6.07) is 0.801. The number of halogens is 3. The third-order valence-corrected chi connectivity index (χ3v) is 1.81. The number of rotatable bonds is 3. The predicted octanol–water partition coefficient (Wildman–Crippen LogP) is 1.69. The third-order valence-electron chi connectivity index (χ3n) is 1.81. The van der Waals surface area contributed by atoms with Crippen molar-refractivity contribution in [3.05, 3.63) is 27.4 Å². The van der Waals surface area contributed by atoms with E-state index in [2.05, 4.69) is 9.72 Å². The monoisotopic (exact) mass is 252 g/mol. The zero-order chi connectivity index (χ0) is 13.2. The van der Waals surface area contributed by atoms with Crippen LogP contribution in [-0.4, -0.2) is 21.4 Å². The molecular formula is C8H7F3N2O4. The lowest BCUT2D eigenvalue weighted by atomic mass is 10.2. The minimum atomic E-state index is -4.97. The van der Waals surface area contributed by atoms with Crippen LogP contribution in [0, 0.1) is 17.0 Å². The number of aliphatic hydroxyl groups excluding tert-OH is 1. The van der Waals surface area contributed by atoms with Crippen LogP contribution in [0.1, 0.15) is 11.3 Å². The van der Waals surface area contributed by atoms with Crippen LogP contribution in [-0.2, 0) is 6.61 Å². The van der Waals surface area contributed by atoms with Gasteiger partial charge in [-0.3, -0.25) is 0 Å². The summed E-state index contributed by atoms with van der Waals surface area (Å²) in [5.41, 5.74) is -0.633. The second-order valence-corrected chi connectivity index (χ2v) is 3.02. The molecule has 0 radical (unpaired) electrons. The van der Waals surface area contributed by atoms with Crippen LogP contribution in [0.3, 0.4) is 0 Å². The van der Waals surface area contributed by atoms with Crippen molar-refractivity contribution in [1.29, 1.82) is 0 Å². The Bertz CT molecular complexity index is 447. The molecule has 0 aliphatic rings. The van der Waals surface area contributed by atoms with E-state index in [4.69, 9.17) is 5.11 Å². The van der Waals surface area contributed by atoms with Gasteiger partial charge in [-0.05, 0) is 16.8 Å². The van der Waals surface area contributed by atoms with Gasteiger partial charge in [0.2, 0.25) is 0 Å². The second kappa shape index (κ2) is 4.53. The highest BCUT2D eigenvalue weighted by Crippen LogP contribution is 2.31. The second-order valence-electron chi connectivity index (χ2n) is 3.02. The molecule has 1 heterocycles. The fraction of sp³-hybridized carbons (Fsp3) is 0.375. The summed E-state index contributed by atoms with van der Waals surface area (Å²) in [7, 11) is 0. The first-order valence-corrected chi connectivity index (χ1v) is 4.26. The topological polar surface area (TPSA) is 85.5 Å². The number of ether oxygens (including phenoxy) is 1. The van der Waals surface area contributed by atoms with E-state index in [-0.39, 0.29) is 11.3 Å². The number of hydrogen-bond donors (Lipinski definition) is 1. The van der Waals surface area contributed by atoms with E-state index < -0.39 is 29.5 Å². The Morgan fingerprint density at radius 3 is 2.59 bits per heavy atom. The molecule has 0 aromatic carbocycles. The molecule has 9 heteroatoms. The predicted molar refractivity (Wildman–Crippen MR) is 48.2 cm³/mol. The summed E-state index contributed by atoms with van der Waals surface area (Å²) in [4.78, 5) is 13.0. The minimum absolute atomic E-state index is 0.276. The van der Waals surface area contributed by atoms with Crippen molar-refractivity contribution >= 4 is 5.82 Å². The summed E-state index contributed by atoms with van der Waals surface area (Å²) >= 11 is 0. The maximum atomic E-state index is 12.0. The molecule has 17 heavy (non-hydrogen) atoms. The average Bonchev–Trinajstić information content (AvgIpc) is 2.18. The number of nitro groups is 1. The first-order valence-electron chi connectivity index (χ1n) is 4.26. The van der Waals surface area contributed by atoms with Crippen molar-refractivity contribution in [3.8, 4) is 5.75 Å². The lowest BCUT2D eigenvalue weighted by Crippen LogP contribution is -2.18. The first kappa shape index (κ1) is 13.2. The molecule has 0 unspecified atom stereocenters. The number of aromatic nitrogens is 1. The first-order chi connectivity index (χ1) is 7.74. The molecule has 1 aromatic rings. The van der Waals surface area contributed by atoms with Crippen molar-refractivity contribution in [3.63, 3.8) is 0 Å². The Hall–Kier alpha value is -1.90. The summed E-state index contributed by atoms with van der Waals surface area (Å²) in [5, 5.41) is 19.3. The van der Waals surface area contributed by atoms with Gasteiger partial charge in [-0.25, -0.2) is 0 Å². The molecule has 0 spiro atoms. The molecule has 0 atom stereocenters. The van der Waals surface area contributed by atoms with Crippen molar-refractivity contribution in [2.45, 2.75) is 19.9 Å². The smallest absolute Gasteiger partial charge is 0.405 e. The Morgan fingerprint density at radius 2 is 2.18 bits per heavy atom. The molecule has 0 aliphatic heterocycles. The van der Waals surface area contributed by atoms with Crippen LogP contribution in [0.25, 0.3) is 0 Å². The average molecular weight is 252 g/mol. The van der Waals surface area contributed by atoms with Gasteiger partial charge < -0.3 is 20.0 Å². The van der Waals surface area contributed by atoms with Crippen LogP contribution in [0.5, 0.6) is 5.75 Å². The summed E-state index contributed by atoms with van der Waals surface area (Å²) in [6.07, 6.45) is -4.97. The van der Waals surface area contributed by atoms with Gasteiger partial charge in [0.25, 0.3) is 0 Å². The van der Waals surface area contributed by atoms with E-state index in [1.807, 2.05) is 0 Å². The lowest BCUT2D eigenvalue weighted by molar-refractivity contribution is -0.390. The van der Waals surface area contributed by atoms with Crippen LogP contribution in [0.15, 0.2) is 6.07 Å². The third kappa shape index (κ3) is 3.28. The van der Waals surface area contributed by atoms with Gasteiger partial charge in [0, 0.05) is 6.07 Å². The fourth-order valence-corrected chi connectivity index (χ4v) is 1.11. The summed E-state index contributed by atoms with van der Waals surface area (Å²) < 4.78 is 39.7. The van der Waals surface area contributed by atoms with Gasteiger partial charge in [-0.1, -0.05) is 0 Å². The summed E-state index contributed by atoms with van der Waals surface area (Å²) in [5.74, 6) is -1.53. The quantitative estimate of drug-likeness (QED) is 0.653. The van der Waals surface area contributed by atoms with E-state index in [9.17, 15) is 23.3 Å². The van der Waals surface area contributed by atoms with E-state index in [1.165, 1.54) is 0 Å². The number of pyridine rings is 1. The highest BCUT2D eigenvalue weighted by atomic mass is 19.4. The molecule has 0 amide bonds. The minimum Gasteiger partial charge on any atom is -0.405 e. The molecule has 1 rings (SSSR count). The van der Waals surface area contributed by atoms with Gasteiger partial charge >= 0.3 is 12.2 Å². The van der Waals surface area contributed by atoms with Gasteiger partial charge in [-0.15, -0.1) is 13.2 Å². The molecule has 1 aromatic heterocycles. The molecule has 94 valence electrons. The van der Waals surface area contributed by atoms with Crippen LogP contribution in [0.2, 0.25) is 0 Å². The Balaban J connectivity index is 3.29. The van der Waals surface area contributed by atoms with Crippen molar-refractivity contribution in [2.24, 2.45) is 0 Å². The largest absolute Gasteiger partial charge is 0.573 e. The van der Waals surface area contributed by atoms with Crippen molar-refractivity contribution < 1.29 is 27.9 Å². The fourth-order valence-electron chi connectivity index (χ4n) is 1.11. The number of nitrogens with zero attached hydrogens (tertiary/aromatic N) is 2.